The predicted octanol–water partition coefficient (Wildman–Crippen LogP) is 7.00. The van der Waals surface area contributed by atoms with Crippen molar-refractivity contribution in [2.75, 3.05) is 62.0 Å². The van der Waals surface area contributed by atoms with Gasteiger partial charge in [-0.3, -0.25) is 0 Å². The van der Waals surface area contributed by atoms with E-state index in [2.05, 4.69) is 9.13 Å². The van der Waals surface area contributed by atoms with Crippen LogP contribution in [0.3, 0.4) is 0 Å². The Morgan fingerprint density at radius 3 is 1.22 bits per heavy atom. The van der Waals surface area contributed by atoms with Crippen molar-refractivity contribution in [2.45, 2.75) is 45.3 Å². The molecule has 2 aromatic heterocycles. The lowest BCUT2D eigenvalue weighted by Gasteiger charge is -2.30. The van der Waals surface area contributed by atoms with Crippen LogP contribution in [0.5, 0.6) is 34.5 Å². The number of nitrogens with zero attached hydrogens (tertiary/aromatic N) is 4. The molecule has 320 valence electrons. The Labute approximate surface area is 351 Å². The van der Waals surface area contributed by atoms with E-state index < -0.39 is 25.3 Å². The predicted molar refractivity (Wildman–Crippen MR) is 234 cm³/mol. The fourth-order valence-electron chi connectivity index (χ4n) is 8.17. The first-order valence-electron chi connectivity index (χ1n) is 19.5. The maximum atomic E-state index is 12.9. The third-order valence-electron chi connectivity index (χ3n) is 11.3. The molecule has 2 aliphatic heterocycles. The van der Waals surface area contributed by atoms with Crippen molar-refractivity contribution >= 4 is 41.9 Å². The van der Waals surface area contributed by atoms with Crippen LogP contribution in [0.2, 0.25) is 0 Å². The Balaban J connectivity index is 0.000000182. The third-order valence-corrected chi connectivity index (χ3v) is 14.8. The summed E-state index contributed by atoms with van der Waals surface area (Å²) in [6.07, 6.45) is 1.25. The van der Waals surface area contributed by atoms with Crippen molar-refractivity contribution in [3.05, 3.63) is 84.2 Å². The zero-order valence-electron chi connectivity index (χ0n) is 35.4. The third kappa shape index (κ3) is 7.72. The van der Waals surface area contributed by atoms with Crippen LogP contribution in [0.25, 0.3) is 44.1 Å². The Morgan fingerprint density at radius 2 is 0.867 bits per heavy atom. The number of sulfonamides is 2. The average molecular weight is 861 g/mol. The summed E-state index contributed by atoms with van der Waals surface area (Å²) in [4.78, 5) is 0. The van der Waals surface area contributed by atoms with Crippen LogP contribution in [0.4, 0.5) is 0 Å². The number of hydrogen-bond donors (Lipinski definition) is 0. The summed E-state index contributed by atoms with van der Waals surface area (Å²) in [7, 11) is 3.06. The van der Waals surface area contributed by atoms with Crippen LogP contribution in [0.15, 0.2) is 72.8 Å². The number of fused-ring (bicyclic) bond motifs is 6. The average Bonchev–Trinajstić information content (AvgIpc) is 3.75. The van der Waals surface area contributed by atoms with E-state index in [0.717, 1.165) is 66.9 Å². The summed E-state index contributed by atoms with van der Waals surface area (Å²) >= 11 is 0. The van der Waals surface area contributed by atoms with Crippen molar-refractivity contribution in [3.63, 3.8) is 0 Å². The van der Waals surface area contributed by atoms with Crippen LogP contribution in [-0.4, -0.2) is 102 Å². The highest BCUT2D eigenvalue weighted by molar-refractivity contribution is 7.89. The molecule has 0 aliphatic carbocycles. The summed E-state index contributed by atoms with van der Waals surface area (Å²) < 4.78 is 90.4. The minimum atomic E-state index is -3.36. The second-order valence-corrected chi connectivity index (χ2v) is 19.3. The first-order valence-corrected chi connectivity index (χ1v) is 22.8. The SMILES string of the molecule is COc1ccc(-c2c3n(c4cc(OC)c(OC)cc24)CCN(S(=O)(=O)C(C)C)C3)cc1.COc1ccc(-c2c3n(c4cc(OC)c(OC)cc24)CCN(S(C)(=O)=O)C3)cc1. The molecule has 14 nitrogen and oxygen atoms in total. The molecule has 0 saturated heterocycles. The van der Waals surface area contributed by atoms with E-state index >= 15 is 0 Å². The lowest BCUT2D eigenvalue weighted by molar-refractivity contribution is 0.342. The highest BCUT2D eigenvalue weighted by Gasteiger charge is 2.33. The molecular weight excluding hydrogens is 809 g/mol. The molecule has 4 heterocycles. The van der Waals surface area contributed by atoms with Gasteiger partial charge < -0.3 is 37.6 Å². The van der Waals surface area contributed by atoms with E-state index in [0.29, 0.717) is 62.3 Å². The molecule has 8 rings (SSSR count). The molecule has 16 heteroatoms. The van der Waals surface area contributed by atoms with Gasteiger partial charge in [-0.15, -0.1) is 0 Å². The number of aromatic nitrogens is 2. The molecule has 0 spiro atoms. The smallest absolute Gasteiger partial charge is 0.216 e. The molecule has 0 fully saturated rings. The minimum absolute atomic E-state index is 0.319. The van der Waals surface area contributed by atoms with Gasteiger partial charge in [0, 0.05) is 71.6 Å². The molecule has 0 saturated carbocycles. The van der Waals surface area contributed by atoms with Gasteiger partial charge in [0.2, 0.25) is 20.0 Å². The second kappa shape index (κ2) is 16.9. The largest absolute Gasteiger partial charge is 0.497 e. The molecule has 0 bridgehead atoms. The van der Waals surface area contributed by atoms with Gasteiger partial charge in [-0.25, -0.2) is 16.8 Å². The fourth-order valence-corrected chi connectivity index (χ4v) is 10.2. The standard InChI is InChI=1S/C23H28N2O5S.C21H24N2O5S/c1-15(2)31(26,27)24-10-11-25-19-13-22(30-5)21(29-4)12-18(19)23(20(25)14-24)16-6-8-17(28-3)9-7-16;1-26-15-7-5-14(6-8-15)21-16-11-19(27-2)20(28-3)12-17(16)23-10-9-22(13-18(21)23)29(4,24)25/h6-9,12-13,15H,10-11,14H2,1-5H3;5-8,11-12H,9-10,13H2,1-4H3. The van der Waals surface area contributed by atoms with Crippen molar-refractivity contribution in [3.8, 4) is 56.8 Å². The quantitative estimate of drug-likeness (QED) is 0.134. The number of hydrogen-bond acceptors (Lipinski definition) is 10. The van der Waals surface area contributed by atoms with Gasteiger partial charge in [0.15, 0.2) is 23.0 Å². The molecule has 4 aromatic carbocycles. The number of benzene rings is 4. The Hall–Kier alpha value is -5.42. The Kier molecular flexibility index (Phi) is 12.0. The lowest BCUT2D eigenvalue weighted by atomic mass is 10.0. The van der Waals surface area contributed by atoms with Gasteiger partial charge in [0.1, 0.15) is 11.5 Å². The van der Waals surface area contributed by atoms with Crippen LogP contribution in [0, 0.1) is 0 Å². The zero-order valence-corrected chi connectivity index (χ0v) is 37.1. The molecule has 0 radical (unpaired) electrons. The number of methoxy groups -OCH3 is 6. The minimum Gasteiger partial charge on any atom is -0.497 e. The number of ether oxygens (including phenoxy) is 6. The first kappa shape index (κ1) is 42.7. The van der Waals surface area contributed by atoms with Crippen LogP contribution >= 0.6 is 0 Å². The summed E-state index contributed by atoms with van der Waals surface area (Å²) in [6, 6.07) is 23.5. The highest BCUT2D eigenvalue weighted by Crippen LogP contribution is 2.45. The van der Waals surface area contributed by atoms with E-state index in [9.17, 15) is 16.8 Å². The fraction of sp³-hybridized carbons (Fsp3) is 0.364. The van der Waals surface area contributed by atoms with E-state index in [1.807, 2.05) is 72.8 Å². The van der Waals surface area contributed by atoms with Gasteiger partial charge in [0.05, 0.1) is 78.3 Å². The van der Waals surface area contributed by atoms with Gasteiger partial charge in [-0.2, -0.15) is 8.61 Å². The highest BCUT2D eigenvalue weighted by atomic mass is 32.2. The van der Waals surface area contributed by atoms with E-state index in [1.54, 1.807) is 60.8 Å². The van der Waals surface area contributed by atoms with E-state index in [1.165, 1.54) is 10.6 Å². The van der Waals surface area contributed by atoms with Gasteiger partial charge in [0.25, 0.3) is 0 Å². The molecule has 0 unspecified atom stereocenters. The lowest BCUT2D eigenvalue weighted by Crippen LogP contribution is -2.41. The molecule has 6 aromatic rings. The van der Waals surface area contributed by atoms with E-state index in [4.69, 9.17) is 28.4 Å². The van der Waals surface area contributed by atoms with Crippen LogP contribution < -0.4 is 28.4 Å². The van der Waals surface area contributed by atoms with Crippen LogP contribution in [0.1, 0.15) is 25.2 Å². The molecule has 0 atom stereocenters. The maximum absolute atomic E-state index is 12.9. The molecular formula is C44H52N4O10S2. The van der Waals surface area contributed by atoms with Crippen molar-refractivity contribution in [1.82, 2.24) is 17.7 Å². The zero-order chi connectivity index (χ0) is 43.1. The van der Waals surface area contributed by atoms with Gasteiger partial charge in [-0.05, 0) is 61.4 Å². The molecule has 0 amide bonds. The number of rotatable bonds is 11. The second-order valence-electron chi connectivity index (χ2n) is 14.9. The summed E-state index contributed by atoms with van der Waals surface area (Å²) in [5.74, 6) is 4.10. The molecule has 60 heavy (non-hydrogen) atoms. The molecule has 2 aliphatic rings. The maximum Gasteiger partial charge on any atom is 0.216 e. The Bertz CT molecular complexity index is 2760. The molecule has 0 N–H and O–H groups in total. The van der Waals surface area contributed by atoms with E-state index in [-0.39, 0.29) is 0 Å². The van der Waals surface area contributed by atoms with Gasteiger partial charge >= 0.3 is 0 Å². The van der Waals surface area contributed by atoms with Crippen molar-refractivity contribution < 1.29 is 45.3 Å². The van der Waals surface area contributed by atoms with Gasteiger partial charge in [-0.1, -0.05) is 24.3 Å². The topological polar surface area (TPSA) is 140 Å². The summed E-state index contributed by atoms with van der Waals surface area (Å²) in [5, 5.41) is 1.54. The summed E-state index contributed by atoms with van der Waals surface area (Å²) in [5.41, 5.74) is 7.90. The van der Waals surface area contributed by atoms with Crippen molar-refractivity contribution in [2.24, 2.45) is 0 Å². The first-order chi connectivity index (χ1) is 28.7. The van der Waals surface area contributed by atoms with Crippen molar-refractivity contribution in [1.29, 1.82) is 0 Å². The summed E-state index contributed by atoms with van der Waals surface area (Å²) in [6.45, 7) is 6.10. The monoisotopic (exact) mass is 860 g/mol. The van der Waals surface area contributed by atoms with Crippen LogP contribution in [-0.2, 0) is 46.2 Å². The normalized spacial score (nSPS) is 14.6. The Morgan fingerprint density at radius 1 is 0.500 bits per heavy atom.